The van der Waals surface area contributed by atoms with Crippen molar-refractivity contribution in [2.24, 2.45) is 5.73 Å². The van der Waals surface area contributed by atoms with Crippen molar-refractivity contribution < 1.29 is 23.9 Å². The van der Waals surface area contributed by atoms with Crippen LogP contribution >= 0.6 is 0 Å². The molecule has 226 valence electrons. The van der Waals surface area contributed by atoms with Gasteiger partial charge in [0.05, 0.1) is 0 Å². The van der Waals surface area contributed by atoms with Gasteiger partial charge in [0.2, 0.25) is 17.7 Å². The van der Waals surface area contributed by atoms with Crippen molar-refractivity contribution in [3.05, 3.63) is 35.4 Å². The molecule has 0 aliphatic rings. The van der Waals surface area contributed by atoms with Crippen LogP contribution in [0.25, 0.3) is 0 Å². The molecule has 2 unspecified atom stereocenters. The third kappa shape index (κ3) is 13.8. The van der Waals surface area contributed by atoms with Gasteiger partial charge < -0.3 is 26.0 Å². The van der Waals surface area contributed by atoms with Gasteiger partial charge in [0, 0.05) is 18.5 Å². The van der Waals surface area contributed by atoms with Crippen molar-refractivity contribution in [1.82, 2.24) is 15.5 Å². The van der Waals surface area contributed by atoms with E-state index in [-0.39, 0.29) is 18.7 Å². The number of nitrogens with one attached hydrogen (secondary N) is 2. The van der Waals surface area contributed by atoms with Crippen molar-refractivity contribution >= 4 is 23.8 Å². The third-order valence-corrected chi connectivity index (χ3v) is 6.12. The number of benzene rings is 1. The third-order valence-electron chi connectivity index (χ3n) is 6.12. The Labute approximate surface area is 241 Å². The Bertz CT molecular complexity index is 981. The molecule has 0 heterocycles. The van der Waals surface area contributed by atoms with E-state index in [2.05, 4.69) is 17.6 Å². The Hall–Kier alpha value is -3.10. The van der Waals surface area contributed by atoms with Crippen LogP contribution in [0.4, 0.5) is 4.79 Å². The van der Waals surface area contributed by atoms with Gasteiger partial charge >= 0.3 is 6.09 Å². The molecule has 0 radical (unpaired) electrons. The maximum absolute atomic E-state index is 14.2. The van der Waals surface area contributed by atoms with Gasteiger partial charge in [0.1, 0.15) is 17.7 Å². The van der Waals surface area contributed by atoms with E-state index in [0.29, 0.717) is 18.5 Å². The van der Waals surface area contributed by atoms with Crippen LogP contribution in [0.15, 0.2) is 24.3 Å². The maximum Gasteiger partial charge on any atom is 0.408 e. The van der Waals surface area contributed by atoms with Gasteiger partial charge in [0.15, 0.2) is 0 Å². The quantitative estimate of drug-likeness (QED) is 0.251. The fourth-order valence-electron chi connectivity index (χ4n) is 4.37. The number of carbonyl (C=O) groups is 4. The molecular formula is C31H52N4O5. The van der Waals surface area contributed by atoms with Crippen LogP contribution in [-0.2, 0) is 19.1 Å². The molecule has 0 bridgehead atoms. The van der Waals surface area contributed by atoms with Crippen LogP contribution in [0, 0.1) is 6.92 Å². The summed E-state index contributed by atoms with van der Waals surface area (Å²) in [6.45, 7) is 15.2. The van der Waals surface area contributed by atoms with Crippen LogP contribution in [0.2, 0.25) is 0 Å². The highest BCUT2D eigenvalue weighted by atomic mass is 16.6. The molecule has 4 amide bonds. The minimum Gasteiger partial charge on any atom is -0.444 e. The molecule has 0 saturated heterocycles. The van der Waals surface area contributed by atoms with Crippen LogP contribution < -0.4 is 16.4 Å². The molecule has 4 N–H and O–H groups in total. The molecule has 9 nitrogen and oxygen atoms in total. The number of rotatable bonds is 15. The number of hydrogen-bond donors (Lipinski definition) is 3. The number of alkyl carbamates (subject to hydrolysis) is 1. The molecule has 1 aromatic carbocycles. The molecule has 9 heteroatoms. The fourth-order valence-corrected chi connectivity index (χ4v) is 4.37. The number of amides is 4. The van der Waals surface area contributed by atoms with Crippen LogP contribution in [0.3, 0.4) is 0 Å². The molecule has 0 aromatic heterocycles. The van der Waals surface area contributed by atoms with E-state index in [9.17, 15) is 19.2 Å². The summed E-state index contributed by atoms with van der Waals surface area (Å²) in [4.78, 5) is 53.9. The Morgan fingerprint density at radius 3 is 2.15 bits per heavy atom. The van der Waals surface area contributed by atoms with Crippen LogP contribution in [0.5, 0.6) is 0 Å². The first-order valence-electron chi connectivity index (χ1n) is 14.5. The van der Waals surface area contributed by atoms with Gasteiger partial charge in [-0.15, -0.1) is 0 Å². The van der Waals surface area contributed by atoms with Crippen molar-refractivity contribution in [2.45, 2.75) is 130 Å². The Kier molecular flexibility index (Phi) is 14.2. The van der Waals surface area contributed by atoms with Crippen molar-refractivity contribution in [1.29, 1.82) is 0 Å². The lowest BCUT2D eigenvalue weighted by Crippen LogP contribution is -2.55. The van der Waals surface area contributed by atoms with E-state index in [1.54, 1.807) is 25.7 Å². The molecular weight excluding hydrogens is 508 g/mol. The van der Waals surface area contributed by atoms with Gasteiger partial charge in [0.25, 0.3) is 0 Å². The zero-order chi connectivity index (χ0) is 30.5. The first kappa shape index (κ1) is 34.9. The number of primary amides is 1. The van der Waals surface area contributed by atoms with E-state index in [4.69, 9.17) is 10.5 Å². The number of unbranched alkanes of at least 4 members (excludes halogenated alkanes) is 5. The highest BCUT2D eigenvalue weighted by Crippen LogP contribution is 2.26. The largest absolute Gasteiger partial charge is 0.444 e. The summed E-state index contributed by atoms with van der Waals surface area (Å²) in [5.41, 5.74) is 5.71. The fraction of sp³-hybridized carbons (Fsp3) is 0.677. The lowest BCUT2D eigenvalue weighted by atomic mass is 9.98. The number of aryl methyl sites for hydroxylation is 1. The van der Waals surface area contributed by atoms with E-state index >= 15 is 0 Å². The molecule has 0 spiro atoms. The predicted molar refractivity (Wildman–Crippen MR) is 158 cm³/mol. The van der Waals surface area contributed by atoms with Crippen molar-refractivity contribution in [3.63, 3.8) is 0 Å². The summed E-state index contributed by atoms with van der Waals surface area (Å²) >= 11 is 0. The van der Waals surface area contributed by atoms with Crippen LogP contribution in [-0.4, -0.2) is 52.4 Å². The van der Waals surface area contributed by atoms with Gasteiger partial charge in [-0.05, 0) is 66.9 Å². The topological polar surface area (TPSA) is 131 Å². The molecule has 0 aliphatic carbocycles. The Balaban J connectivity index is 3.50. The minimum atomic E-state index is -1.10. The second-order valence-electron chi connectivity index (χ2n) is 12.6. The lowest BCUT2D eigenvalue weighted by molar-refractivity contribution is -0.143. The van der Waals surface area contributed by atoms with E-state index in [1.807, 2.05) is 52.0 Å². The second-order valence-corrected chi connectivity index (χ2v) is 12.6. The average Bonchev–Trinajstić information content (AvgIpc) is 2.80. The summed E-state index contributed by atoms with van der Waals surface area (Å²) in [6, 6.07) is 5.49. The van der Waals surface area contributed by atoms with Gasteiger partial charge in [-0.1, -0.05) is 68.9 Å². The minimum absolute atomic E-state index is 0.0121. The number of nitrogens with zero attached hydrogens (tertiary/aromatic N) is 1. The summed E-state index contributed by atoms with van der Waals surface area (Å²) < 4.78 is 5.40. The number of nitrogens with two attached hydrogens (primary N) is 1. The highest BCUT2D eigenvalue weighted by molar-refractivity contribution is 5.92. The smallest absolute Gasteiger partial charge is 0.408 e. The van der Waals surface area contributed by atoms with Crippen molar-refractivity contribution in [3.8, 4) is 0 Å². The number of ether oxygens (including phenoxy) is 1. The first-order chi connectivity index (χ1) is 18.5. The molecule has 0 fully saturated rings. The van der Waals surface area contributed by atoms with E-state index < -0.39 is 41.1 Å². The first-order valence-corrected chi connectivity index (χ1v) is 14.5. The lowest BCUT2D eigenvalue weighted by Gasteiger charge is -2.36. The monoisotopic (exact) mass is 560 g/mol. The summed E-state index contributed by atoms with van der Waals surface area (Å²) in [6.07, 6.45) is 5.11. The Morgan fingerprint density at radius 2 is 1.60 bits per heavy atom. The Morgan fingerprint density at radius 1 is 0.975 bits per heavy atom. The summed E-state index contributed by atoms with van der Waals surface area (Å²) in [5.74, 6) is -1.37. The van der Waals surface area contributed by atoms with Gasteiger partial charge in [-0.2, -0.15) is 0 Å². The molecule has 40 heavy (non-hydrogen) atoms. The normalized spacial score (nSPS) is 13.2. The SMILES string of the molecule is CCCCCCCCN(C(=O)C(CCC(N)=O)NC(=O)OC(C)(C)C)C(C(=O)NC(C)(C)C)c1cccc(C)c1. The molecule has 0 aliphatic heterocycles. The maximum atomic E-state index is 14.2. The number of hydrogen-bond acceptors (Lipinski definition) is 5. The van der Waals surface area contributed by atoms with Crippen LogP contribution in [0.1, 0.15) is 117 Å². The molecule has 2 atom stereocenters. The van der Waals surface area contributed by atoms with Gasteiger partial charge in [-0.3, -0.25) is 14.4 Å². The second kappa shape index (κ2) is 16.2. The summed E-state index contributed by atoms with van der Waals surface area (Å²) in [7, 11) is 0. The van der Waals surface area contributed by atoms with E-state index in [0.717, 1.165) is 37.7 Å². The number of carbonyl (C=O) groups excluding carboxylic acids is 4. The standard InChI is InChI=1S/C31H52N4O5/c1-9-10-11-12-13-14-20-35(26(27(37)34-30(3,4)5)23-17-15-16-22(2)21-23)28(38)24(18-19-25(32)36)33-29(39)40-31(6,7)8/h15-17,21,24,26H,9-14,18-20H2,1-8H3,(H2,32,36)(H,33,39)(H,34,37). The molecule has 1 aromatic rings. The highest BCUT2D eigenvalue weighted by Gasteiger charge is 2.37. The average molecular weight is 561 g/mol. The molecule has 0 saturated carbocycles. The zero-order valence-corrected chi connectivity index (χ0v) is 25.9. The predicted octanol–water partition coefficient (Wildman–Crippen LogP) is 5.30. The van der Waals surface area contributed by atoms with Gasteiger partial charge in [-0.25, -0.2) is 4.79 Å². The van der Waals surface area contributed by atoms with E-state index in [1.165, 1.54) is 0 Å². The van der Waals surface area contributed by atoms with Crippen molar-refractivity contribution in [2.75, 3.05) is 6.54 Å². The summed E-state index contributed by atoms with van der Waals surface area (Å²) in [5, 5.41) is 5.67. The molecule has 1 rings (SSSR count). The zero-order valence-electron chi connectivity index (χ0n) is 25.9.